The van der Waals surface area contributed by atoms with E-state index in [-0.39, 0.29) is 11.1 Å². The largest absolute Gasteiger partial charge is 0.366 e. The van der Waals surface area contributed by atoms with Crippen LogP contribution in [0.2, 0.25) is 0 Å². The predicted molar refractivity (Wildman–Crippen MR) is 119 cm³/mol. The summed E-state index contributed by atoms with van der Waals surface area (Å²) < 4.78 is 14.8. The Bertz CT molecular complexity index is 1150. The topological polar surface area (TPSA) is 74.0 Å². The number of nitrogens with zero attached hydrogens (tertiary/aromatic N) is 3. The molecule has 7 heteroatoms. The Morgan fingerprint density at radius 1 is 1.20 bits per heavy atom. The minimum atomic E-state index is -0.760. The van der Waals surface area contributed by atoms with Crippen molar-refractivity contribution in [3.8, 4) is 5.69 Å². The van der Waals surface area contributed by atoms with E-state index < -0.39 is 6.17 Å². The molecule has 6 nitrogen and oxygen atoms in total. The Labute approximate surface area is 173 Å². The summed E-state index contributed by atoms with van der Waals surface area (Å²) in [5.41, 5.74) is 3.98. The fourth-order valence-corrected chi connectivity index (χ4v) is 3.40. The van der Waals surface area contributed by atoms with Crippen molar-refractivity contribution in [3.63, 3.8) is 0 Å². The van der Waals surface area contributed by atoms with Gasteiger partial charge in [-0.25, -0.2) is 9.07 Å². The van der Waals surface area contributed by atoms with E-state index >= 15 is 0 Å². The lowest BCUT2D eigenvalue weighted by Crippen LogP contribution is -2.48. The summed E-state index contributed by atoms with van der Waals surface area (Å²) in [6.45, 7) is 2.80. The fraction of sp³-hybridized carbons (Fsp3) is 0.174. The highest BCUT2D eigenvalue weighted by molar-refractivity contribution is 5.86. The van der Waals surface area contributed by atoms with Gasteiger partial charge in [-0.2, -0.15) is 5.10 Å². The molecular weight excluding hydrogens is 381 g/mol. The predicted octanol–water partition coefficient (Wildman–Crippen LogP) is 3.80. The summed E-state index contributed by atoms with van der Waals surface area (Å²) in [4.78, 5) is 14.5. The van der Waals surface area contributed by atoms with E-state index in [0.717, 1.165) is 28.8 Å². The van der Waals surface area contributed by atoms with E-state index in [0.29, 0.717) is 18.8 Å². The van der Waals surface area contributed by atoms with Gasteiger partial charge in [0.05, 0.1) is 24.5 Å². The summed E-state index contributed by atoms with van der Waals surface area (Å²) >= 11 is 0. The number of para-hydroxylation sites is 1. The van der Waals surface area contributed by atoms with E-state index in [4.69, 9.17) is 5.41 Å². The second-order valence-corrected chi connectivity index (χ2v) is 7.18. The Kier molecular flexibility index (Phi) is 5.43. The Morgan fingerprint density at radius 2 is 1.97 bits per heavy atom. The van der Waals surface area contributed by atoms with Crippen LogP contribution < -0.4 is 15.6 Å². The van der Waals surface area contributed by atoms with Crippen LogP contribution in [0.3, 0.4) is 0 Å². The Morgan fingerprint density at radius 3 is 2.63 bits per heavy atom. The van der Waals surface area contributed by atoms with Gasteiger partial charge in [0.15, 0.2) is 5.69 Å². The van der Waals surface area contributed by atoms with Crippen molar-refractivity contribution in [1.29, 1.82) is 5.41 Å². The van der Waals surface area contributed by atoms with Crippen LogP contribution >= 0.6 is 0 Å². The molecule has 1 aromatic heterocycles. The number of hydrogen-bond donors (Lipinski definition) is 2. The zero-order valence-electron chi connectivity index (χ0n) is 16.5. The number of aromatic nitrogens is 2. The minimum absolute atomic E-state index is 0.219. The first-order valence-corrected chi connectivity index (χ1v) is 9.68. The molecule has 0 spiro atoms. The number of aryl methyl sites for hydroxylation is 1. The van der Waals surface area contributed by atoms with Gasteiger partial charge in [-0.05, 0) is 48.9 Å². The molecule has 0 saturated carbocycles. The van der Waals surface area contributed by atoms with Crippen LogP contribution in [0.15, 0.2) is 71.7 Å². The highest BCUT2D eigenvalue weighted by atomic mass is 19.1. The van der Waals surface area contributed by atoms with Gasteiger partial charge in [-0.1, -0.05) is 18.2 Å². The van der Waals surface area contributed by atoms with Crippen LogP contribution in [-0.4, -0.2) is 35.3 Å². The van der Waals surface area contributed by atoms with Crippen molar-refractivity contribution in [1.82, 2.24) is 9.78 Å². The van der Waals surface area contributed by atoms with Gasteiger partial charge < -0.3 is 15.6 Å². The molecule has 152 valence electrons. The standard InChI is InChI=1S/C23H22FN5O/c1-16-13-19(28-14-17(24)15-28)7-8-21(16)29-12-10-22(30)23(27-29)20(9-11-25)26-18-5-3-2-4-6-18/h2-13,17,25-26H,14-15H2,1H3/b20-9-,25-11?. The lowest BCUT2D eigenvalue weighted by molar-refractivity contribution is 0.275. The molecular formula is C23H22FN5O. The maximum absolute atomic E-state index is 13.2. The third-order valence-electron chi connectivity index (χ3n) is 5.00. The third-order valence-corrected chi connectivity index (χ3v) is 5.00. The Hall–Kier alpha value is -3.74. The second kappa shape index (κ2) is 8.32. The lowest BCUT2D eigenvalue weighted by atomic mass is 10.1. The van der Waals surface area contributed by atoms with Crippen LogP contribution in [0.5, 0.6) is 0 Å². The number of nitrogens with one attached hydrogen (secondary N) is 2. The molecule has 0 aliphatic carbocycles. The molecule has 2 aromatic carbocycles. The number of anilines is 2. The summed E-state index contributed by atoms with van der Waals surface area (Å²) in [7, 11) is 0. The second-order valence-electron chi connectivity index (χ2n) is 7.18. The van der Waals surface area contributed by atoms with Crippen LogP contribution in [0.1, 0.15) is 11.3 Å². The zero-order chi connectivity index (χ0) is 21.1. The number of benzene rings is 2. The molecule has 0 atom stereocenters. The molecule has 1 aliphatic heterocycles. The molecule has 1 saturated heterocycles. The molecule has 0 radical (unpaired) electrons. The van der Waals surface area contributed by atoms with E-state index in [1.165, 1.54) is 12.1 Å². The van der Waals surface area contributed by atoms with E-state index in [1.54, 1.807) is 10.9 Å². The molecule has 30 heavy (non-hydrogen) atoms. The first-order valence-electron chi connectivity index (χ1n) is 9.68. The number of rotatable bonds is 6. The summed E-state index contributed by atoms with van der Waals surface area (Å²) in [6, 6.07) is 16.7. The maximum atomic E-state index is 13.2. The van der Waals surface area contributed by atoms with Gasteiger partial charge in [0.1, 0.15) is 6.17 Å². The van der Waals surface area contributed by atoms with Crippen LogP contribution in [0, 0.1) is 12.3 Å². The number of halogens is 1. The first kappa shape index (κ1) is 19.6. The number of hydrogen-bond acceptors (Lipinski definition) is 5. The summed E-state index contributed by atoms with van der Waals surface area (Å²) in [6.07, 6.45) is 3.49. The van der Waals surface area contributed by atoms with Gasteiger partial charge in [0, 0.05) is 29.9 Å². The first-order chi connectivity index (χ1) is 14.5. The van der Waals surface area contributed by atoms with Crippen molar-refractivity contribution in [2.24, 2.45) is 0 Å². The van der Waals surface area contributed by atoms with Gasteiger partial charge in [-0.15, -0.1) is 0 Å². The third kappa shape index (κ3) is 4.00. The van der Waals surface area contributed by atoms with Gasteiger partial charge in [0.2, 0.25) is 5.43 Å². The number of allylic oxidation sites excluding steroid dienone is 1. The molecule has 1 fully saturated rings. The lowest BCUT2D eigenvalue weighted by Gasteiger charge is -2.36. The quantitative estimate of drug-likeness (QED) is 0.614. The monoisotopic (exact) mass is 403 g/mol. The van der Waals surface area contributed by atoms with Gasteiger partial charge >= 0.3 is 0 Å². The normalized spacial score (nSPS) is 14.3. The van der Waals surface area contributed by atoms with Crippen LogP contribution in [-0.2, 0) is 0 Å². The average molecular weight is 403 g/mol. The Balaban J connectivity index is 1.68. The van der Waals surface area contributed by atoms with Crippen molar-refractivity contribution < 1.29 is 4.39 Å². The van der Waals surface area contributed by atoms with Crippen molar-refractivity contribution in [2.45, 2.75) is 13.1 Å². The average Bonchev–Trinajstić information content (AvgIpc) is 2.72. The minimum Gasteiger partial charge on any atom is -0.366 e. The van der Waals surface area contributed by atoms with Crippen molar-refractivity contribution in [2.75, 3.05) is 23.3 Å². The summed E-state index contributed by atoms with van der Waals surface area (Å²) in [5, 5.41) is 15.2. The van der Waals surface area contributed by atoms with Gasteiger partial charge in [0.25, 0.3) is 0 Å². The van der Waals surface area contributed by atoms with Gasteiger partial charge in [-0.3, -0.25) is 4.79 Å². The molecule has 2 heterocycles. The van der Waals surface area contributed by atoms with E-state index in [2.05, 4.69) is 10.4 Å². The molecule has 4 rings (SSSR count). The van der Waals surface area contributed by atoms with Crippen LogP contribution in [0.25, 0.3) is 11.4 Å². The maximum Gasteiger partial charge on any atom is 0.209 e. The molecule has 1 aliphatic rings. The van der Waals surface area contributed by atoms with Crippen molar-refractivity contribution >= 4 is 23.3 Å². The fourth-order valence-electron chi connectivity index (χ4n) is 3.40. The highest BCUT2D eigenvalue weighted by Gasteiger charge is 2.26. The molecule has 3 aromatic rings. The smallest absolute Gasteiger partial charge is 0.209 e. The van der Waals surface area contributed by atoms with E-state index in [9.17, 15) is 9.18 Å². The SMILES string of the molecule is Cc1cc(N2CC(F)C2)ccc1-n1ccc(=O)c(/C(=C/C=N)Nc2ccccc2)n1. The van der Waals surface area contributed by atoms with Crippen molar-refractivity contribution in [3.05, 3.63) is 88.4 Å². The molecule has 0 bridgehead atoms. The zero-order valence-corrected chi connectivity index (χ0v) is 16.5. The molecule has 0 unspecified atom stereocenters. The molecule has 0 amide bonds. The summed E-state index contributed by atoms with van der Waals surface area (Å²) in [5.74, 6) is 0. The molecule has 2 N–H and O–H groups in total. The van der Waals surface area contributed by atoms with E-state index in [1.807, 2.05) is 60.4 Å². The highest BCUT2D eigenvalue weighted by Crippen LogP contribution is 2.26. The number of alkyl halides is 1. The van der Waals surface area contributed by atoms with Crippen LogP contribution in [0.4, 0.5) is 15.8 Å².